The first-order valence-corrected chi connectivity index (χ1v) is 6.55. The summed E-state index contributed by atoms with van der Waals surface area (Å²) in [5.41, 5.74) is 0. The van der Waals surface area contributed by atoms with E-state index in [0.717, 1.165) is 19.5 Å². The van der Waals surface area contributed by atoms with Crippen molar-refractivity contribution in [2.45, 2.75) is 39.3 Å². The predicted molar refractivity (Wildman–Crippen MR) is 73.2 cm³/mol. The first-order valence-electron chi connectivity index (χ1n) is 6.55. The Bertz CT molecular complexity index is 231. The molecule has 0 aromatic carbocycles. The van der Waals surface area contributed by atoms with E-state index in [1.165, 1.54) is 0 Å². The summed E-state index contributed by atoms with van der Waals surface area (Å²) in [5, 5.41) is 0. The molecule has 1 heterocycles. The van der Waals surface area contributed by atoms with Crippen molar-refractivity contribution >= 4 is 5.91 Å². The van der Waals surface area contributed by atoms with Crippen molar-refractivity contribution in [2.24, 2.45) is 0 Å². The van der Waals surface area contributed by atoms with Crippen LogP contribution in [0.3, 0.4) is 0 Å². The van der Waals surface area contributed by atoms with Gasteiger partial charge in [-0.2, -0.15) is 0 Å². The number of nitrogens with zero attached hydrogens (tertiary/aromatic N) is 3. The van der Waals surface area contributed by atoms with E-state index in [1.54, 1.807) is 0 Å². The summed E-state index contributed by atoms with van der Waals surface area (Å²) in [6.45, 7) is 8.05. The average Bonchev–Trinajstić information content (AvgIpc) is 2.75. The second kappa shape index (κ2) is 7.67. The molecule has 2 atom stereocenters. The number of amides is 1. The Morgan fingerprint density at radius 2 is 1.82 bits per heavy atom. The topological polar surface area (TPSA) is 26.8 Å². The molecule has 0 spiro atoms. The number of rotatable bonds is 3. The van der Waals surface area contributed by atoms with E-state index >= 15 is 0 Å². The fourth-order valence-electron chi connectivity index (χ4n) is 1.92. The highest BCUT2D eigenvalue weighted by Gasteiger charge is 2.29. The van der Waals surface area contributed by atoms with Crippen molar-refractivity contribution in [3.63, 3.8) is 0 Å². The monoisotopic (exact) mass is 243 g/mol. The van der Waals surface area contributed by atoms with E-state index in [0.29, 0.717) is 6.04 Å². The van der Waals surface area contributed by atoms with Crippen molar-refractivity contribution in [3.05, 3.63) is 0 Å². The third-order valence-electron chi connectivity index (χ3n) is 3.39. The highest BCUT2D eigenvalue weighted by molar-refractivity contribution is 5.81. The molecule has 2 unspecified atom stereocenters. The molecule has 102 valence electrons. The molecule has 0 saturated carbocycles. The van der Waals surface area contributed by atoms with Crippen LogP contribution >= 0.6 is 0 Å². The largest absolute Gasteiger partial charge is 0.340 e. The molecule has 0 aromatic heterocycles. The fourth-order valence-corrected chi connectivity index (χ4v) is 1.92. The minimum atomic E-state index is -0.0269. The Kier molecular flexibility index (Phi) is 7.39. The van der Waals surface area contributed by atoms with Gasteiger partial charge in [-0.3, -0.25) is 9.69 Å². The minimum absolute atomic E-state index is 0.0269. The summed E-state index contributed by atoms with van der Waals surface area (Å²) in [6, 6.07) is 0.366. The van der Waals surface area contributed by atoms with Gasteiger partial charge in [-0.25, -0.2) is 0 Å². The zero-order valence-corrected chi connectivity index (χ0v) is 12.5. The zero-order valence-electron chi connectivity index (χ0n) is 12.5. The number of hydrogen-bond acceptors (Lipinski definition) is 3. The maximum atomic E-state index is 12.0. The SMILES string of the molecule is CC.CC(C(=O)N(C)C1CCN(C)C1)N(C)C. The molecule has 1 rings (SSSR count). The third kappa shape index (κ3) is 4.64. The van der Waals surface area contributed by atoms with Crippen LogP contribution in [0.2, 0.25) is 0 Å². The molecule has 0 aromatic rings. The molecule has 17 heavy (non-hydrogen) atoms. The lowest BCUT2D eigenvalue weighted by molar-refractivity contribution is -0.136. The summed E-state index contributed by atoms with van der Waals surface area (Å²) >= 11 is 0. The third-order valence-corrected chi connectivity index (χ3v) is 3.39. The van der Waals surface area contributed by atoms with Crippen LogP contribution in [0.1, 0.15) is 27.2 Å². The van der Waals surface area contributed by atoms with Gasteiger partial charge in [-0.05, 0) is 41.0 Å². The number of likely N-dealkylation sites (tertiary alicyclic amines) is 1. The highest BCUT2D eigenvalue weighted by atomic mass is 16.2. The van der Waals surface area contributed by atoms with Crippen LogP contribution in [0, 0.1) is 0 Å². The van der Waals surface area contributed by atoms with Crippen LogP contribution in [-0.2, 0) is 4.79 Å². The average molecular weight is 243 g/mol. The minimum Gasteiger partial charge on any atom is -0.340 e. The zero-order chi connectivity index (χ0) is 13.6. The van der Waals surface area contributed by atoms with Crippen LogP contribution in [-0.4, -0.2) is 74.0 Å². The lowest BCUT2D eigenvalue weighted by Crippen LogP contribution is -2.47. The highest BCUT2D eigenvalue weighted by Crippen LogP contribution is 2.14. The maximum absolute atomic E-state index is 12.0. The molecular formula is C13H29N3O. The van der Waals surface area contributed by atoms with Gasteiger partial charge in [0.25, 0.3) is 0 Å². The van der Waals surface area contributed by atoms with Crippen molar-refractivity contribution in [2.75, 3.05) is 41.3 Å². The Morgan fingerprint density at radius 1 is 1.29 bits per heavy atom. The molecule has 1 amide bonds. The summed E-state index contributed by atoms with van der Waals surface area (Å²) in [5.74, 6) is 0.223. The predicted octanol–water partition coefficient (Wildman–Crippen LogP) is 1.13. The molecule has 1 fully saturated rings. The van der Waals surface area contributed by atoms with Crippen LogP contribution < -0.4 is 0 Å². The van der Waals surface area contributed by atoms with Gasteiger partial charge in [0.15, 0.2) is 0 Å². The molecule has 0 N–H and O–H groups in total. The van der Waals surface area contributed by atoms with Gasteiger partial charge in [0.2, 0.25) is 5.91 Å². The van der Waals surface area contributed by atoms with Gasteiger partial charge in [0, 0.05) is 19.6 Å². The van der Waals surface area contributed by atoms with Gasteiger partial charge in [-0.1, -0.05) is 13.8 Å². The molecule has 1 saturated heterocycles. The smallest absolute Gasteiger partial charge is 0.239 e. The maximum Gasteiger partial charge on any atom is 0.239 e. The number of carbonyl (C=O) groups is 1. The van der Waals surface area contributed by atoms with Gasteiger partial charge < -0.3 is 9.80 Å². The van der Waals surface area contributed by atoms with Gasteiger partial charge in [0.1, 0.15) is 0 Å². The Morgan fingerprint density at radius 3 is 2.18 bits per heavy atom. The van der Waals surface area contributed by atoms with Crippen LogP contribution in [0.25, 0.3) is 0 Å². The molecular weight excluding hydrogens is 214 g/mol. The van der Waals surface area contributed by atoms with Gasteiger partial charge >= 0.3 is 0 Å². The Hall–Kier alpha value is -0.610. The van der Waals surface area contributed by atoms with Crippen molar-refractivity contribution < 1.29 is 4.79 Å². The second-order valence-corrected chi connectivity index (χ2v) is 4.79. The van der Waals surface area contributed by atoms with Crippen molar-refractivity contribution in [1.82, 2.24) is 14.7 Å². The first-order chi connectivity index (χ1) is 7.93. The molecule has 0 aliphatic carbocycles. The van der Waals surface area contributed by atoms with E-state index in [2.05, 4.69) is 11.9 Å². The van der Waals surface area contributed by atoms with E-state index < -0.39 is 0 Å². The van der Waals surface area contributed by atoms with Crippen LogP contribution in [0.4, 0.5) is 0 Å². The number of hydrogen-bond donors (Lipinski definition) is 0. The molecule has 0 bridgehead atoms. The lowest BCUT2D eigenvalue weighted by Gasteiger charge is -2.29. The molecule has 1 aliphatic rings. The molecule has 0 radical (unpaired) electrons. The summed E-state index contributed by atoms with van der Waals surface area (Å²) in [4.78, 5) is 18.2. The second-order valence-electron chi connectivity index (χ2n) is 4.79. The van der Waals surface area contributed by atoms with Crippen molar-refractivity contribution in [3.8, 4) is 0 Å². The summed E-state index contributed by atoms with van der Waals surface area (Å²) in [6.07, 6.45) is 1.10. The van der Waals surface area contributed by atoms with E-state index in [9.17, 15) is 4.79 Å². The Labute approximate surface area is 107 Å². The molecule has 4 heteroatoms. The normalized spacial score (nSPS) is 22.0. The van der Waals surface area contributed by atoms with E-state index in [-0.39, 0.29) is 11.9 Å². The first kappa shape index (κ1) is 16.4. The number of likely N-dealkylation sites (N-methyl/N-ethyl adjacent to an activating group) is 3. The summed E-state index contributed by atoms with van der Waals surface area (Å²) < 4.78 is 0. The fraction of sp³-hybridized carbons (Fsp3) is 0.923. The standard InChI is InChI=1S/C11H23N3O.C2H6/c1-9(12(2)3)11(15)14(5)10-6-7-13(4)8-10;1-2/h9-10H,6-8H2,1-5H3;1-2H3. The van der Waals surface area contributed by atoms with Crippen LogP contribution in [0.15, 0.2) is 0 Å². The van der Waals surface area contributed by atoms with Crippen LogP contribution in [0.5, 0.6) is 0 Å². The molecule has 4 nitrogen and oxygen atoms in total. The lowest BCUT2D eigenvalue weighted by atomic mass is 10.2. The van der Waals surface area contributed by atoms with E-state index in [1.807, 2.05) is 51.7 Å². The number of carbonyl (C=O) groups excluding carboxylic acids is 1. The van der Waals surface area contributed by atoms with E-state index in [4.69, 9.17) is 0 Å². The Balaban J connectivity index is 0.00000121. The summed E-state index contributed by atoms with van der Waals surface area (Å²) in [7, 11) is 7.91. The van der Waals surface area contributed by atoms with Crippen molar-refractivity contribution in [1.29, 1.82) is 0 Å². The quantitative estimate of drug-likeness (QED) is 0.743. The van der Waals surface area contributed by atoms with Gasteiger partial charge in [-0.15, -0.1) is 0 Å². The molecule has 1 aliphatic heterocycles. The van der Waals surface area contributed by atoms with Gasteiger partial charge in [0.05, 0.1) is 6.04 Å².